The van der Waals surface area contributed by atoms with Crippen molar-refractivity contribution in [2.75, 3.05) is 40.0 Å². The molecule has 8 nitrogen and oxygen atoms in total. The Morgan fingerprint density at radius 1 is 0.946 bits per heavy atom. The van der Waals surface area contributed by atoms with E-state index >= 15 is 0 Å². The largest absolute Gasteiger partial charge is 0.466 e. The summed E-state index contributed by atoms with van der Waals surface area (Å²) in [6.45, 7) is 6.74. The molecular formula is C28H40BrN3O5. The van der Waals surface area contributed by atoms with Crippen molar-refractivity contribution in [2.45, 2.75) is 59.0 Å². The second-order valence-corrected chi connectivity index (χ2v) is 9.81. The Balaban J connectivity index is 2.10. The van der Waals surface area contributed by atoms with Gasteiger partial charge >= 0.3 is 5.97 Å². The van der Waals surface area contributed by atoms with E-state index in [9.17, 15) is 14.4 Å². The van der Waals surface area contributed by atoms with Gasteiger partial charge in [0.2, 0.25) is 11.8 Å². The van der Waals surface area contributed by atoms with Crippen LogP contribution in [0.2, 0.25) is 0 Å². The van der Waals surface area contributed by atoms with E-state index in [0.717, 1.165) is 23.0 Å². The van der Waals surface area contributed by atoms with Crippen LogP contribution in [0.5, 0.6) is 0 Å². The molecule has 0 atom stereocenters. The summed E-state index contributed by atoms with van der Waals surface area (Å²) in [5, 5.41) is 0. The van der Waals surface area contributed by atoms with Crippen LogP contribution in [0, 0.1) is 0 Å². The van der Waals surface area contributed by atoms with Gasteiger partial charge in [0.15, 0.2) is 0 Å². The highest BCUT2D eigenvalue weighted by Gasteiger charge is 2.22. The maximum atomic E-state index is 13.5. The lowest BCUT2D eigenvalue weighted by Crippen LogP contribution is -2.44. The summed E-state index contributed by atoms with van der Waals surface area (Å²) in [6.07, 6.45) is 4.49. The van der Waals surface area contributed by atoms with Gasteiger partial charge in [-0.2, -0.15) is 0 Å². The van der Waals surface area contributed by atoms with Gasteiger partial charge in [-0.05, 0) is 49.6 Å². The molecule has 0 radical (unpaired) electrons. The molecule has 0 unspecified atom stereocenters. The van der Waals surface area contributed by atoms with Crippen molar-refractivity contribution in [2.24, 2.45) is 0 Å². The third kappa shape index (κ3) is 11.1. The van der Waals surface area contributed by atoms with Gasteiger partial charge < -0.3 is 23.8 Å². The minimum Gasteiger partial charge on any atom is -0.466 e. The number of carbonyl (C=O) groups is 3. The topological polar surface area (TPSA) is 81.1 Å². The van der Waals surface area contributed by atoms with Crippen LogP contribution in [0.1, 0.15) is 57.2 Å². The molecule has 0 N–H and O–H groups in total. The summed E-state index contributed by atoms with van der Waals surface area (Å²) < 4.78 is 13.3. The summed E-state index contributed by atoms with van der Waals surface area (Å²) in [4.78, 5) is 41.5. The third-order valence-electron chi connectivity index (χ3n) is 5.98. The molecule has 0 aliphatic carbocycles. The van der Waals surface area contributed by atoms with E-state index in [-0.39, 0.29) is 37.8 Å². The zero-order valence-electron chi connectivity index (χ0n) is 22.3. The number of esters is 1. The molecule has 0 spiro atoms. The van der Waals surface area contributed by atoms with Gasteiger partial charge in [0.25, 0.3) is 0 Å². The first-order valence-electron chi connectivity index (χ1n) is 13.0. The van der Waals surface area contributed by atoms with Crippen LogP contribution in [-0.4, -0.2) is 72.1 Å². The minimum absolute atomic E-state index is 0.00473. The van der Waals surface area contributed by atoms with Crippen molar-refractivity contribution in [1.29, 1.82) is 0 Å². The maximum absolute atomic E-state index is 13.5. The highest BCUT2D eigenvalue weighted by Crippen LogP contribution is 2.15. The zero-order valence-corrected chi connectivity index (χ0v) is 23.9. The number of hydrogen-bond donors (Lipinski definition) is 0. The molecule has 0 aliphatic rings. The molecule has 1 aromatic heterocycles. The number of unbranched alkanes of at least 4 members (excludes halogenated alkanes) is 1. The van der Waals surface area contributed by atoms with E-state index in [0.29, 0.717) is 39.2 Å². The summed E-state index contributed by atoms with van der Waals surface area (Å²) in [7, 11) is 1.61. The van der Waals surface area contributed by atoms with Gasteiger partial charge in [-0.3, -0.25) is 14.4 Å². The zero-order chi connectivity index (χ0) is 27.0. The molecule has 0 bridgehead atoms. The van der Waals surface area contributed by atoms with Crippen molar-refractivity contribution in [3.63, 3.8) is 0 Å². The van der Waals surface area contributed by atoms with Crippen LogP contribution in [0.15, 0.2) is 47.1 Å². The molecule has 2 amide bonds. The second-order valence-electron chi connectivity index (χ2n) is 8.89. The normalized spacial score (nSPS) is 10.8. The van der Waals surface area contributed by atoms with Crippen molar-refractivity contribution in [3.8, 4) is 0 Å². The first kappa shape index (κ1) is 30.6. The predicted octanol–water partition coefficient (Wildman–Crippen LogP) is 4.64. The number of rotatable bonds is 17. The highest BCUT2D eigenvalue weighted by atomic mass is 79.9. The first-order chi connectivity index (χ1) is 17.9. The molecule has 2 rings (SSSR count). The van der Waals surface area contributed by atoms with E-state index < -0.39 is 5.97 Å². The molecule has 1 heterocycles. The number of hydrogen-bond acceptors (Lipinski definition) is 5. The van der Waals surface area contributed by atoms with Crippen LogP contribution in [0.3, 0.4) is 0 Å². The number of nitrogens with zero attached hydrogens (tertiary/aromatic N) is 3. The SMILES string of the molecule is CCCCN(Cc1cccn1Cc1ccc(Br)cc1)C(=O)CN(CCCOC)C(=O)CCC(=O)OCC. The Kier molecular flexibility index (Phi) is 14.0. The maximum Gasteiger partial charge on any atom is 0.306 e. The lowest BCUT2D eigenvalue weighted by molar-refractivity contribution is -0.146. The fourth-order valence-electron chi connectivity index (χ4n) is 3.93. The van der Waals surface area contributed by atoms with Crippen molar-refractivity contribution < 1.29 is 23.9 Å². The van der Waals surface area contributed by atoms with Crippen molar-refractivity contribution >= 4 is 33.7 Å². The Labute approximate surface area is 229 Å². The number of aromatic nitrogens is 1. The van der Waals surface area contributed by atoms with Gasteiger partial charge in [-0.15, -0.1) is 0 Å². The average Bonchev–Trinajstić information content (AvgIpc) is 3.32. The van der Waals surface area contributed by atoms with Gasteiger partial charge in [0.1, 0.15) is 0 Å². The predicted molar refractivity (Wildman–Crippen MR) is 147 cm³/mol. The highest BCUT2D eigenvalue weighted by molar-refractivity contribution is 9.10. The lowest BCUT2D eigenvalue weighted by atomic mass is 10.2. The van der Waals surface area contributed by atoms with Crippen LogP contribution in [-0.2, 0) is 36.9 Å². The van der Waals surface area contributed by atoms with Crippen molar-refractivity contribution in [1.82, 2.24) is 14.4 Å². The molecule has 0 fully saturated rings. The van der Waals surface area contributed by atoms with Gasteiger partial charge in [0.05, 0.1) is 26.1 Å². The molecule has 0 saturated heterocycles. The van der Waals surface area contributed by atoms with E-state index in [1.165, 1.54) is 5.56 Å². The molecule has 204 valence electrons. The molecular weight excluding hydrogens is 538 g/mol. The average molecular weight is 579 g/mol. The molecule has 2 aromatic rings. The van der Waals surface area contributed by atoms with Crippen LogP contribution in [0.4, 0.5) is 0 Å². The second kappa shape index (κ2) is 17.0. The smallest absolute Gasteiger partial charge is 0.306 e. The molecule has 37 heavy (non-hydrogen) atoms. The number of amides is 2. The fourth-order valence-corrected chi connectivity index (χ4v) is 4.19. The third-order valence-corrected chi connectivity index (χ3v) is 6.51. The Morgan fingerprint density at radius 2 is 1.68 bits per heavy atom. The summed E-state index contributed by atoms with van der Waals surface area (Å²) in [6, 6.07) is 12.2. The van der Waals surface area contributed by atoms with Crippen LogP contribution < -0.4 is 0 Å². The van der Waals surface area contributed by atoms with Gasteiger partial charge in [-0.25, -0.2) is 0 Å². The number of methoxy groups -OCH3 is 1. The van der Waals surface area contributed by atoms with E-state index in [1.807, 2.05) is 35.4 Å². The Hall–Kier alpha value is -2.65. The molecule has 0 saturated carbocycles. The van der Waals surface area contributed by atoms with Crippen LogP contribution in [0.25, 0.3) is 0 Å². The van der Waals surface area contributed by atoms with E-state index in [4.69, 9.17) is 9.47 Å². The van der Waals surface area contributed by atoms with Crippen LogP contribution >= 0.6 is 15.9 Å². The summed E-state index contributed by atoms with van der Waals surface area (Å²) >= 11 is 3.47. The van der Waals surface area contributed by atoms with Gasteiger partial charge in [-0.1, -0.05) is 41.4 Å². The number of benzene rings is 1. The summed E-state index contributed by atoms with van der Waals surface area (Å²) in [5.41, 5.74) is 2.20. The number of ether oxygens (including phenoxy) is 2. The van der Waals surface area contributed by atoms with Crippen molar-refractivity contribution in [3.05, 3.63) is 58.3 Å². The Morgan fingerprint density at radius 3 is 2.35 bits per heavy atom. The fraction of sp³-hybridized carbons (Fsp3) is 0.536. The van der Waals surface area contributed by atoms with E-state index in [2.05, 4.69) is 39.6 Å². The standard InChI is InChI=1S/C28H40BrN3O5/c1-4-6-16-31(21-25-9-7-17-30(25)20-23-10-12-24(29)13-11-23)27(34)22-32(18-8-19-36-3)26(33)14-15-28(35)37-5-2/h7,9-13,17H,4-6,8,14-16,18-22H2,1-3H3. The molecule has 1 aromatic carbocycles. The lowest BCUT2D eigenvalue weighted by Gasteiger charge is -2.28. The van der Waals surface area contributed by atoms with Gasteiger partial charge in [0, 0.05) is 56.1 Å². The monoisotopic (exact) mass is 577 g/mol. The molecule has 9 heteroatoms. The Bertz CT molecular complexity index is 976. The number of halogens is 1. The minimum atomic E-state index is -0.407. The summed E-state index contributed by atoms with van der Waals surface area (Å²) in [5.74, 6) is -0.742. The quantitative estimate of drug-likeness (QED) is 0.202. The first-order valence-corrected chi connectivity index (χ1v) is 13.8. The number of carbonyl (C=O) groups excluding carboxylic acids is 3. The van der Waals surface area contributed by atoms with E-state index in [1.54, 1.807) is 18.9 Å². The molecule has 0 aliphatic heterocycles.